The number of fused-ring (bicyclic) bond motifs is 1. The van der Waals surface area contributed by atoms with E-state index in [1.54, 1.807) is 7.11 Å². The lowest BCUT2D eigenvalue weighted by Gasteiger charge is -2.21. The minimum absolute atomic E-state index is 0.128. The molecule has 0 aliphatic rings. The van der Waals surface area contributed by atoms with Crippen LogP contribution in [0.25, 0.3) is 22.2 Å². The maximum atomic E-state index is 14.5. The van der Waals surface area contributed by atoms with E-state index < -0.39 is 4.96 Å². The Morgan fingerprint density at radius 1 is 1.00 bits per heavy atom. The fraction of sp³-hybridized carbons (Fsp3) is 0.188. The molecule has 208 valence electrons. The summed E-state index contributed by atoms with van der Waals surface area (Å²) in [5.41, 5.74) is 6.17. The molecule has 0 radical (unpaired) electrons. The van der Waals surface area contributed by atoms with Gasteiger partial charge in [-0.25, -0.2) is 4.98 Å². The number of nitrogens with one attached hydrogen (secondary N) is 1. The number of alkyl halides is 3. The number of anilines is 1. The van der Waals surface area contributed by atoms with Crippen LogP contribution >= 0.6 is 15.9 Å². The van der Waals surface area contributed by atoms with Crippen molar-refractivity contribution in [1.82, 2.24) is 9.55 Å². The van der Waals surface area contributed by atoms with E-state index in [-0.39, 0.29) is 11.1 Å². The van der Waals surface area contributed by atoms with Gasteiger partial charge in [-0.3, -0.25) is 4.57 Å². The van der Waals surface area contributed by atoms with E-state index in [1.807, 2.05) is 80.6 Å². The van der Waals surface area contributed by atoms with E-state index in [4.69, 9.17) is 9.47 Å². The van der Waals surface area contributed by atoms with Crippen molar-refractivity contribution in [1.29, 1.82) is 5.26 Å². The van der Waals surface area contributed by atoms with Crippen LogP contribution in [0, 0.1) is 25.2 Å². The number of nitriles is 1. The number of aryl methyl sites for hydroxylation is 1. The van der Waals surface area contributed by atoms with Crippen molar-refractivity contribution < 1.29 is 18.3 Å². The average Bonchev–Trinajstić information content (AvgIpc) is 3.41. The summed E-state index contributed by atoms with van der Waals surface area (Å²) in [4.78, 5) is 1.03. The van der Waals surface area contributed by atoms with Crippen LogP contribution in [0.2, 0.25) is 0 Å². The molecule has 0 saturated heterocycles. The number of rotatable bonds is 9. The topological polar surface area (TPSA) is 72.1 Å². The van der Waals surface area contributed by atoms with E-state index >= 15 is 0 Å². The Morgan fingerprint density at radius 2 is 1.73 bits per heavy atom. The molecule has 0 unspecified atom stereocenters. The predicted octanol–water partition coefficient (Wildman–Crippen LogP) is 8.29. The van der Waals surface area contributed by atoms with Crippen molar-refractivity contribution in [3.8, 4) is 28.7 Å². The van der Waals surface area contributed by atoms with Crippen LogP contribution in [-0.2, 0) is 18.1 Å². The molecule has 1 aromatic heterocycles. The molecule has 0 aliphatic heterocycles. The molecule has 4 aromatic carbocycles. The number of hydrogen-bond donors (Lipinski definition) is 1. The molecule has 6 nitrogen and oxygen atoms in total. The minimum atomic E-state index is -3.39. The number of nitrogens with zero attached hydrogens (tertiary/aromatic N) is 3. The number of methoxy groups -OCH3 is 1. The largest absolute Gasteiger partial charge is 0.497 e. The average molecular weight is 617 g/mol. The highest BCUT2D eigenvalue weighted by Gasteiger charge is 2.31. The number of aromatic nitrogens is 2. The van der Waals surface area contributed by atoms with Crippen molar-refractivity contribution in [2.45, 2.75) is 32.0 Å². The number of ether oxygens (including phenoxy) is 2. The molecule has 41 heavy (non-hydrogen) atoms. The molecule has 0 bridgehead atoms. The number of benzene rings is 4. The lowest BCUT2D eigenvalue weighted by atomic mass is 9.91. The predicted molar refractivity (Wildman–Crippen MR) is 160 cm³/mol. The molecule has 0 fully saturated rings. The third-order valence-electron chi connectivity index (χ3n) is 6.97. The van der Waals surface area contributed by atoms with E-state index in [1.165, 1.54) is 6.07 Å². The lowest BCUT2D eigenvalue weighted by molar-refractivity contribution is 0.0373. The van der Waals surface area contributed by atoms with Gasteiger partial charge in [0.1, 0.15) is 30.5 Å². The highest BCUT2D eigenvalue weighted by atomic mass is 79.9. The number of imidazole rings is 1. The van der Waals surface area contributed by atoms with E-state index in [0.29, 0.717) is 35.7 Å². The van der Waals surface area contributed by atoms with E-state index in [0.717, 1.165) is 44.5 Å². The molecule has 0 amide bonds. The van der Waals surface area contributed by atoms with Gasteiger partial charge in [-0.15, -0.1) is 0 Å². The van der Waals surface area contributed by atoms with Crippen molar-refractivity contribution in [2.24, 2.45) is 0 Å². The maximum Gasteiger partial charge on any atom is 0.388 e. The van der Waals surface area contributed by atoms with Crippen LogP contribution in [0.3, 0.4) is 0 Å². The third kappa shape index (κ3) is 5.74. The van der Waals surface area contributed by atoms with Crippen LogP contribution in [0.5, 0.6) is 11.5 Å². The first-order chi connectivity index (χ1) is 19.7. The van der Waals surface area contributed by atoms with Crippen LogP contribution in [0.1, 0.15) is 27.8 Å². The molecule has 0 saturated carbocycles. The van der Waals surface area contributed by atoms with Gasteiger partial charge >= 0.3 is 4.96 Å². The normalized spacial score (nSPS) is 11.3. The Bertz CT molecular complexity index is 1740. The zero-order chi connectivity index (χ0) is 29.1. The van der Waals surface area contributed by atoms with Gasteiger partial charge in [0.05, 0.1) is 29.4 Å². The second kappa shape index (κ2) is 11.6. The monoisotopic (exact) mass is 616 g/mol. The summed E-state index contributed by atoms with van der Waals surface area (Å²) >= 11 is 2.45. The Kier molecular flexibility index (Phi) is 7.95. The SMILES string of the molecule is COc1ccc(CNc2c(C#N)cc3c(ncn3C(F)(F)Br)c2-c2c(C)ccc(OCc3ccccc3)c2C)cc1. The van der Waals surface area contributed by atoms with Crippen LogP contribution < -0.4 is 14.8 Å². The smallest absolute Gasteiger partial charge is 0.388 e. The molecule has 0 spiro atoms. The fourth-order valence-electron chi connectivity index (χ4n) is 4.91. The minimum Gasteiger partial charge on any atom is -0.497 e. The Balaban J connectivity index is 1.68. The molecule has 0 atom stereocenters. The second-order valence-electron chi connectivity index (χ2n) is 9.59. The molecule has 5 aromatic rings. The van der Waals surface area contributed by atoms with Gasteiger partial charge in [-0.05, 0) is 65.9 Å². The van der Waals surface area contributed by atoms with Crippen LogP contribution in [0.4, 0.5) is 14.5 Å². The summed E-state index contributed by atoms with van der Waals surface area (Å²) in [6.07, 6.45) is 1.08. The van der Waals surface area contributed by atoms with Gasteiger partial charge in [0.2, 0.25) is 0 Å². The highest BCUT2D eigenvalue weighted by molar-refractivity contribution is 9.09. The van der Waals surface area contributed by atoms with Gasteiger partial charge < -0.3 is 14.8 Å². The van der Waals surface area contributed by atoms with Crippen LogP contribution in [0.15, 0.2) is 79.1 Å². The second-order valence-corrected chi connectivity index (χ2v) is 10.5. The molecule has 9 heteroatoms. The van der Waals surface area contributed by atoms with Gasteiger partial charge in [0.25, 0.3) is 0 Å². The fourth-order valence-corrected chi connectivity index (χ4v) is 5.19. The molecular weight excluding hydrogens is 590 g/mol. The molecule has 1 heterocycles. The van der Waals surface area contributed by atoms with Crippen molar-refractivity contribution in [3.05, 3.63) is 107 Å². The highest BCUT2D eigenvalue weighted by Crippen LogP contribution is 2.44. The first-order valence-corrected chi connectivity index (χ1v) is 13.7. The summed E-state index contributed by atoms with van der Waals surface area (Å²) < 4.78 is 41.2. The zero-order valence-corrected chi connectivity index (χ0v) is 24.3. The van der Waals surface area contributed by atoms with E-state index in [9.17, 15) is 14.0 Å². The first kappa shape index (κ1) is 28.1. The van der Waals surface area contributed by atoms with Gasteiger partial charge in [0, 0.05) is 28.0 Å². The Morgan fingerprint density at radius 3 is 2.39 bits per heavy atom. The van der Waals surface area contributed by atoms with Gasteiger partial charge in [-0.1, -0.05) is 48.5 Å². The Labute approximate surface area is 245 Å². The standard InChI is InChI=1S/C32H27BrF2N4O2/c1-20-9-14-27(41-18-23-7-5-4-6-8-23)21(2)28(20)29-30(37-17-22-10-12-25(40-3)13-11-22)24(16-36)15-26-31(29)38-19-39(26)32(33,34)35/h4-15,19,37H,17-18H2,1-3H3. The van der Waals surface area contributed by atoms with Crippen molar-refractivity contribution >= 4 is 32.7 Å². The summed E-state index contributed by atoms with van der Waals surface area (Å²) in [5, 5.41) is 13.6. The zero-order valence-electron chi connectivity index (χ0n) is 22.7. The van der Waals surface area contributed by atoms with E-state index in [2.05, 4.69) is 32.3 Å². The first-order valence-electron chi connectivity index (χ1n) is 12.9. The number of halogens is 3. The number of hydrogen-bond acceptors (Lipinski definition) is 5. The van der Waals surface area contributed by atoms with Gasteiger partial charge in [-0.2, -0.15) is 14.0 Å². The molecule has 1 N–H and O–H groups in total. The lowest BCUT2D eigenvalue weighted by Crippen LogP contribution is -2.13. The molecule has 5 rings (SSSR count). The summed E-state index contributed by atoms with van der Waals surface area (Å²) in [5.74, 6) is 1.38. The quantitative estimate of drug-likeness (QED) is 0.169. The third-order valence-corrected chi connectivity index (χ3v) is 7.36. The summed E-state index contributed by atoms with van der Waals surface area (Å²) in [6.45, 7) is 4.62. The summed E-state index contributed by atoms with van der Waals surface area (Å²) in [7, 11) is 1.60. The molecular formula is C32H27BrF2N4O2. The molecule has 0 aliphatic carbocycles. The maximum absolute atomic E-state index is 14.5. The van der Waals surface area contributed by atoms with Crippen molar-refractivity contribution in [2.75, 3.05) is 12.4 Å². The van der Waals surface area contributed by atoms with Crippen LogP contribution in [-0.4, -0.2) is 16.7 Å². The Hall–Kier alpha value is -4.42. The van der Waals surface area contributed by atoms with Gasteiger partial charge in [0.15, 0.2) is 0 Å². The summed E-state index contributed by atoms with van der Waals surface area (Å²) in [6, 6.07) is 24.8. The van der Waals surface area contributed by atoms with Crippen molar-refractivity contribution in [3.63, 3.8) is 0 Å².